The number of nitro benzene ring substituents is 1. The van der Waals surface area contributed by atoms with Gasteiger partial charge < -0.3 is 15.4 Å². The zero-order chi connectivity index (χ0) is 23.8. The number of nitrogens with zero attached hydrogens (tertiary/aromatic N) is 2. The average Bonchev–Trinajstić information content (AvgIpc) is 3.00. The molecule has 3 aromatic rings. The van der Waals surface area contributed by atoms with Gasteiger partial charge in [0.1, 0.15) is 18.0 Å². The monoisotopic (exact) mass is 467 g/mol. The van der Waals surface area contributed by atoms with Crippen molar-refractivity contribution in [3.05, 3.63) is 81.9 Å². The molecule has 0 radical (unpaired) electrons. The lowest BCUT2D eigenvalue weighted by Crippen LogP contribution is -2.32. The van der Waals surface area contributed by atoms with E-state index in [2.05, 4.69) is 0 Å². The highest BCUT2D eigenvalue weighted by molar-refractivity contribution is 7.90. The SMILES string of the molecule is CS(=O)(=O)c1ccc(C(=O)N2CCOc3ccc(-c4ccc(N)c([N+](=O)[O-])c4)cc3C2)cc1. The number of nitro groups is 1. The van der Waals surface area contributed by atoms with Gasteiger partial charge >= 0.3 is 0 Å². The molecule has 170 valence electrons. The summed E-state index contributed by atoms with van der Waals surface area (Å²) in [5, 5.41) is 11.2. The van der Waals surface area contributed by atoms with E-state index in [1.807, 2.05) is 6.07 Å². The lowest BCUT2D eigenvalue weighted by molar-refractivity contribution is -0.383. The number of nitrogen functional groups attached to an aromatic ring is 1. The number of benzene rings is 3. The minimum absolute atomic E-state index is 0.0838. The normalized spacial score (nSPS) is 13.5. The van der Waals surface area contributed by atoms with Crippen molar-refractivity contribution in [2.24, 2.45) is 0 Å². The number of hydrogen-bond donors (Lipinski definition) is 1. The van der Waals surface area contributed by atoms with Crippen LogP contribution in [0.3, 0.4) is 0 Å². The third-order valence-electron chi connectivity index (χ3n) is 5.42. The molecule has 0 spiro atoms. The van der Waals surface area contributed by atoms with Crippen LogP contribution >= 0.6 is 0 Å². The van der Waals surface area contributed by atoms with E-state index < -0.39 is 14.8 Å². The number of fused-ring (bicyclic) bond motifs is 1. The van der Waals surface area contributed by atoms with Crippen LogP contribution in [0, 0.1) is 10.1 Å². The highest BCUT2D eigenvalue weighted by Gasteiger charge is 2.22. The van der Waals surface area contributed by atoms with Crippen molar-refractivity contribution in [2.45, 2.75) is 11.4 Å². The molecule has 4 rings (SSSR count). The predicted octanol–water partition coefficient (Wildman–Crippen LogP) is 3.28. The summed E-state index contributed by atoms with van der Waals surface area (Å²) >= 11 is 0. The fourth-order valence-corrected chi connectivity index (χ4v) is 4.29. The van der Waals surface area contributed by atoms with Gasteiger partial charge in [-0.25, -0.2) is 8.42 Å². The fourth-order valence-electron chi connectivity index (χ4n) is 3.66. The van der Waals surface area contributed by atoms with Crippen LogP contribution in [-0.4, -0.2) is 43.6 Å². The molecule has 0 fully saturated rings. The Kier molecular flexibility index (Phi) is 5.77. The van der Waals surface area contributed by atoms with Gasteiger partial charge in [0.05, 0.1) is 16.4 Å². The van der Waals surface area contributed by atoms with Crippen LogP contribution in [0.15, 0.2) is 65.6 Å². The van der Waals surface area contributed by atoms with Crippen LogP contribution in [-0.2, 0) is 16.4 Å². The van der Waals surface area contributed by atoms with Crippen LogP contribution in [0.2, 0.25) is 0 Å². The van der Waals surface area contributed by atoms with Crippen molar-refractivity contribution in [3.63, 3.8) is 0 Å². The van der Waals surface area contributed by atoms with Crippen molar-refractivity contribution >= 4 is 27.1 Å². The number of carbonyl (C=O) groups is 1. The quantitative estimate of drug-likeness (QED) is 0.354. The molecular formula is C23H21N3O6S. The topological polar surface area (TPSA) is 133 Å². The molecule has 0 aromatic heterocycles. The second kappa shape index (κ2) is 8.55. The number of anilines is 1. The van der Waals surface area contributed by atoms with Crippen LogP contribution in [0.25, 0.3) is 11.1 Å². The van der Waals surface area contributed by atoms with Crippen molar-refractivity contribution < 1.29 is 22.9 Å². The number of amides is 1. The van der Waals surface area contributed by atoms with Gasteiger partial charge in [-0.2, -0.15) is 0 Å². The molecular weight excluding hydrogens is 446 g/mol. The molecule has 33 heavy (non-hydrogen) atoms. The lowest BCUT2D eigenvalue weighted by Gasteiger charge is -2.20. The summed E-state index contributed by atoms with van der Waals surface area (Å²) in [6.45, 7) is 0.920. The van der Waals surface area contributed by atoms with E-state index in [1.54, 1.807) is 23.1 Å². The predicted molar refractivity (Wildman–Crippen MR) is 123 cm³/mol. The number of carbonyl (C=O) groups excluding carboxylic acids is 1. The summed E-state index contributed by atoms with van der Waals surface area (Å²) in [5.74, 6) is 0.381. The Labute approximate surface area is 190 Å². The zero-order valence-electron chi connectivity index (χ0n) is 17.7. The summed E-state index contributed by atoms with van der Waals surface area (Å²) in [6.07, 6.45) is 1.11. The number of hydrogen-bond acceptors (Lipinski definition) is 7. The maximum Gasteiger partial charge on any atom is 0.292 e. The number of nitrogens with two attached hydrogens (primary N) is 1. The maximum absolute atomic E-state index is 13.1. The first-order valence-corrected chi connectivity index (χ1v) is 11.9. The van der Waals surface area contributed by atoms with Gasteiger partial charge in [-0.3, -0.25) is 14.9 Å². The minimum atomic E-state index is -3.35. The van der Waals surface area contributed by atoms with E-state index in [0.29, 0.717) is 30.0 Å². The maximum atomic E-state index is 13.1. The first-order valence-electron chi connectivity index (χ1n) is 10.0. The van der Waals surface area contributed by atoms with Crippen molar-refractivity contribution in [3.8, 4) is 16.9 Å². The molecule has 10 heteroatoms. The Bertz CT molecular complexity index is 1350. The molecule has 1 aliphatic heterocycles. The van der Waals surface area contributed by atoms with Crippen molar-refractivity contribution in [1.29, 1.82) is 0 Å². The van der Waals surface area contributed by atoms with Gasteiger partial charge in [0.25, 0.3) is 11.6 Å². The molecule has 1 amide bonds. The smallest absolute Gasteiger partial charge is 0.292 e. The fraction of sp³-hybridized carbons (Fsp3) is 0.174. The van der Waals surface area contributed by atoms with E-state index in [-0.39, 0.29) is 28.7 Å². The molecule has 0 bridgehead atoms. The van der Waals surface area contributed by atoms with E-state index in [4.69, 9.17) is 10.5 Å². The summed E-state index contributed by atoms with van der Waals surface area (Å²) in [4.78, 5) is 25.5. The Balaban J connectivity index is 1.62. The molecule has 0 saturated carbocycles. The molecule has 0 atom stereocenters. The summed E-state index contributed by atoms with van der Waals surface area (Å²) in [5.41, 5.74) is 8.09. The Morgan fingerprint density at radius 1 is 1.06 bits per heavy atom. The first-order chi connectivity index (χ1) is 15.6. The van der Waals surface area contributed by atoms with Crippen molar-refractivity contribution in [2.75, 3.05) is 25.1 Å². The number of sulfone groups is 1. The van der Waals surface area contributed by atoms with Crippen LogP contribution in [0.5, 0.6) is 5.75 Å². The molecule has 0 aliphatic carbocycles. The Morgan fingerprint density at radius 3 is 2.39 bits per heavy atom. The molecule has 2 N–H and O–H groups in total. The molecule has 1 heterocycles. The largest absolute Gasteiger partial charge is 0.491 e. The second-order valence-electron chi connectivity index (χ2n) is 7.72. The standard InChI is InChI=1S/C23H21N3O6S/c1-33(30,31)19-6-2-15(3-7-19)23(27)25-10-11-32-22-9-5-16(12-18(22)14-25)17-4-8-20(24)21(13-17)26(28)29/h2-9,12-13H,10-11,14,24H2,1H3. The summed E-state index contributed by atoms with van der Waals surface area (Å²) in [7, 11) is -3.35. The minimum Gasteiger partial charge on any atom is -0.491 e. The molecule has 9 nitrogen and oxygen atoms in total. The second-order valence-corrected chi connectivity index (χ2v) is 9.74. The molecule has 3 aromatic carbocycles. The van der Waals surface area contributed by atoms with Crippen LogP contribution in [0.4, 0.5) is 11.4 Å². The molecule has 0 unspecified atom stereocenters. The highest BCUT2D eigenvalue weighted by Crippen LogP contribution is 2.33. The third kappa shape index (κ3) is 4.65. The Hall–Kier alpha value is -3.92. The number of rotatable bonds is 4. The number of ether oxygens (including phenoxy) is 1. The highest BCUT2D eigenvalue weighted by atomic mass is 32.2. The van der Waals surface area contributed by atoms with Crippen LogP contribution < -0.4 is 10.5 Å². The van der Waals surface area contributed by atoms with Crippen LogP contribution in [0.1, 0.15) is 15.9 Å². The third-order valence-corrected chi connectivity index (χ3v) is 6.55. The zero-order valence-corrected chi connectivity index (χ0v) is 18.5. The van der Waals surface area contributed by atoms with Gasteiger partial charge in [-0.1, -0.05) is 12.1 Å². The van der Waals surface area contributed by atoms with Gasteiger partial charge in [0, 0.05) is 30.0 Å². The Morgan fingerprint density at radius 2 is 1.73 bits per heavy atom. The van der Waals surface area contributed by atoms with Gasteiger partial charge in [0.15, 0.2) is 9.84 Å². The van der Waals surface area contributed by atoms with E-state index >= 15 is 0 Å². The van der Waals surface area contributed by atoms with E-state index in [9.17, 15) is 23.3 Å². The van der Waals surface area contributed by atoms with E-state index in [0.717, 1.165) is 17.4 Å². The van der Waals surface area contributed by atoms with Gasteiger partial charge in [-0.15, -0.1) is 0 Å². The van der Waals surface area contributed by atoms with E-state index in [1.165, 1.54) is 36.4 Å². The van der Waals surface area contributed by atoms with Gasteiger partial charge in [0.2, 0.25) is 0 Å². The van der Waals surface area contributed by atoms with Gasteiger partial charge in [-0.05, 0) is 53.6 Å². The lowest BCUT2D eigenvalue weighted by atomic mass is 10.0. The summed E-state index contributed by atoms with van der Waals surface area (Å²) in [6, 6.07) is 15.8. The summed E-state index contributed by atoms with van der Waals surface area (Å²) < 4.78 is 29.1. The first kappa shape index (κ1) is 22.3. The molecule has 1 aliphatic rings. The molecule has 0 saturated heterocycles. The average molecular weight is 468 g/mol. The van der Waals surface area contributed by atoms with Crippen molar-refractivity contribution in [1.82, 2.24) is 4.90 Å².